The van der Waals surface area contributed by atoms with Crippen LogP contribution in [0.2, 0.25) is 0 Å². The van der Waals surface area contributed by atoms with Crippen LogP contribution in [0.1, 0.15) is 18.9 Å². The Morgan fingerprint density at radius 1 is 1.36 bits per heavy atom. The minimum atomic E-state index is 0.393. The fourth-order valence-electron chi connectivity index (χ4n) is 1.46. The summed E-state index contributed by atoms with van der Waals surface area (Å²) in [7, 11) is 0. The van der Waals surface area contributed by atoms with Crippen LogP contribution in [0.15, 0.2) is 24.3 Å². The SMILES string of the molecule is C[C@@H]1CCc2ccccc2O1. The first-order valence-electron chi connectivity index (χ1n) is 4.11. The van der Waals surface area contributed by atoms with Gasteiger partial charge in [-0.25, -0.2) is 0 Å². The summed E-state index contributed by atoms with van der Waals surface area (Å²) in [5, 5.41) is 0. The number of ether oxygens (including phenoxy) is 1. The van der Waals surface area contributed by atoms with E-state index in [1.165, 1.54) is 5.56 Å². The van der Waals surface area contributed by atoms with Gasteiger partial charge in [-0.1, -0.05) is 18.2 Å². The molecule has 1 nitrogen and oxygen atoms in total. The highest BCUT2D eigenvalue weighted by Crippen LogP contribution is 2.26. The van der Waals surface area contributed by atoms with Gasteiger partial charge in [-0.05, 0) is 31.4 Å². The molecular weight excluding hydrogens is 136 g/mol. The van der Waals surface area contributed by atoms with Gasteiger partial charge in [-0.3, -0.25) is 0 Å². The molecule has 0 N–H and O–H groups in total. The number of hydrogen-bond acceptors (Lipinski definition) is 1. The van der Waals surface area contributed by atoms with Crippen molar-refractivity contribution in [3.63, 3.8) is 0 Å². The molecule has 1 aliphatic rings. The first kappa shape index (κ1) is 6.71. The topological polar surface area (TPSA) is 9.23 Å². The minimum Gasteiger partial charge on any atom is -0.490 e. The summed E-state index contributed by atoms with van der Waals surface area (Å²) in [6.07, 6.45) is 2.71. The van der Waals surface area contributed by atoms with Crippen LogP contribution in [0.4, 0.5) is 0 Å². The van der Waals surface area contributed by atoms with Gasteiger partial charge in [0.25, 0.3) is 0 Å². The summed E-state index contributed by atoms with van der Waals surface area (Å²) in [6.45, 7) is 2.12. The molecule has 1 aromatic carbocycles. The Kier molecular flexibility index (Phi) is 1.57. The molecule has 2 rings (SSSR count). The Bertz CT molecular complexity index is 255. The van der Waals surface area contributed by atoms with Crippen molar-refractivity contribution < 1.29 is 4.74 Å². The quantitative estimate of drug-likeness (QED) is 0.549. The molecule has 1 aromatic rings. The minimum absolute atomic E-state index is 0.393. The zero-order valence-electron chi connectivity index (χ0n) is 6.71. The van der Waals surface area contributed by atoms with Crippen molar-refractivity contribution in [2.75, 3.05) is 0 Å². The predicted molar refractivity (Wildman–Crippen MR) is 44.9 cm³/mol. The van der Waals surface area contributed by atoms with Crippen molar-refractivity contribution in [3.05, 3.63) is 29.8 Å². The van der Waals surface area contributed by atoms with Gasteiger partial charge in [-0.15, -0.1) is 0 Å². The molecule has 0 saturated carbocycles. The van der Waals surface area contributed by atoms with Crippen LogP contribution < -0.4 is 4.74 Å². The Morgan fingerprint density at radius 3 is 3.09 bits per heavy atom. The van der Waals surface area contributed by atoms with Gasteiger partial charge in [0.1, 0.15) is 5.75 Å². The van der Waals surface area contributed by atoms with Crippen LogP contribution in [0.5, 0.6) is 5.75 Å². The molecule has 0 saturated heterocycles. The monoisotopic (exact) mass is 148 g/mol. The first-order valence-corrected chi connectivity index (χ1v) is 4.11. The maximum absolute atomic E-state index is 5.63. The summed E-state index contributed by atoms with van der Waals surface area (Å²) < 4.78 is 5.63. The molecule has 0 bridgehead atoms. The molecule has 11 heavy (non-hydrogen) atoms. The predicted octanol–water partition coefficient (Wildman–Crippen LogP) is 2.40. The second-order valence-electron chi connectivity index (χ2n) is 3.07. The van der Waals surface area contributed by atoms with Gasteiger partial charge < -0.3 is 4.74 Å². The van der Waals surface area contributed by atoms with Crippen LogP contribution in [0.25, 0.3) is 0 Å². The van der Waals surface area contributed by atoms with Gasteiger partial charge in [0.2, 0.25) is 0 Å². The zero-order chi connectivity index (χ0) is 7.68. The Labute approximate surface area is 67.0 Å². The number of hydrogen-bond donors (Lipinski definition) is 0. The molecule has 58 valence electrons. The molecule has 1 heterocycles. The van der Waals surface area contributed by atoms with Crippen LogP contribution >= 0.6 is 0 Å². The van der Waals surface area contributed by atoms with Crippen molar-refractivity contribution in [2.45, 2.75) is 25.9 Å². The van der Waals surface area contributed by atoms with E-state index in [1.54, 1.807) is 0 Å². The maximum Gasteiger partial charge on any atom is 0.122 e. The van der Waals surface area contributed by atoms with Crippen molar-refractivity contribution in [3.8, 4) is 5.75 Å². The van der Waals surface area contributed by atoms with E-state index in [0.717, 1.165) is 18.6 Å². The lowest BCUT2D eigenvalue weighted by atomic mass is 10.0. The number of benzene rings is 1. The molecule has 1 atom stereocenters. The number of aryl methyl sites for hydroxylation is 1. The number of fused-ring (bicyclic) bond motifs is 1. The molecular formula is C10H12O. The van der Waals surface area contributed by atoms with Gasteiger partial charge in [0.15, 0.2) is 0 Å². The van der Waals surface area contributed by atoms with Crippen molar-refractivity contribution in [1.29, 1.82) is 0 Å². The summed E-state index contributed by atoms with van der Waals surface area (Å²) >= 11 is 0. The van der Waals surface area contributed by atoms with Crippen LogP contribution in [0, 0.1) is 0 Å². The largest absolute Gasteiger partial charge is 0.490 e. The van der Waals surface area contributed by atoms with E-state index in [0.29, 0.717) is 6.10 Å². The molecule has 0 fully saturated rings. The van der Waals surface area contributed by atoms with Gasteiger partial charge >= 0.3 is 0 Å². The van der Waals surface area contributed by atoms with Crippen LogP contribution in [-0.4, -0.2) is 6.10 Å². The molecule has 1 heteroatoms. The Hall–Kier alpha value is -0.980. The number of rotatable bonds is 0. The molecule has 0 spiro atoms. The molecule has 0 aliphatic carbocycles. The third kappa shape index (κ3) is 1.23. The average Bonchev–Trinajstić information content (AvgIpc) is 2.04. The summed E-state index contributed by atoms with van der Waals surface area (Å²) in [4.78, 5) is 0. The smallest absolute Gasteiger partial charge is 0.122 e. The second kappa shape index (κ2) is 2.57. The molecule has 0 amide bonds. The summed E-state index contributed by atoms with van der Waals surface area (Å²) in [5.74, 6) is 1.08. The highest BCUT2D eigenvalue weighted by Gasteiger charge is 2.13. The molecule has 0 aromatic heterocycles. The van der Waals surface area contributed by atoms with Crippen molar-refractivity contribution in [1.82, 2.24) is 0 Å². The Morgan fingerprint density at radius 2 is 2.18 bits per heavy atom. The molecule has 0 radical (unpaired) electrons. The van der Waals surface area contributed by atoms with E-state index >= 15 is 0 Å². The van der Waals surface area contributed by atoms with E-state index in [2.05, 4.69) is 19.1 Å². The van der Waals surface area contributed by atoms with Gasteiger partial charge in [0.05, 0.1) is 6.10 Å². The van der Waals surface area contributed by atoms with Gasteiger partial charge in [-0.2, -0.15) is 0 Å². The van der Waals surface area contributed by atoms with E-state index in [4.69, 9.17) is 4.74 Å². The normalized spacial score (nSPS) is 22.1. The summed E-state index contributed by atoms with van der Waals surface area (Å²) in [5.41, 5.74) is 1.35. The molecule has 0 unspecified atom stereocenters. The lowest BCUT2D eigenvalue weighted by Gasteiger charge is -2.22. The second-order valence-corrected chi connectivity index (χ2v) is 3.07. The zero-order valence-corrected chi connectivity index (χ0v) is 6.71. The van der Waals surface area contributed by atoms with E-state index in [1.807, 2.05) is 12.1 Å². The fourth-order valence-corrected chi connectivity index (χ4v) is 1.46. The summed E-state index contributed by atoms with van der Waals surface area (Å²) in [6, 6.07) is 8.28. The maximum atomic E-state index is 5.63. The third-order valence-electron chi connectivity index (χ3n) is 2.12. The average molecular weight is 148 g/mol. The molecule has 1 aliphatic heterocycles. The van der Waals surface area contributed by atoms with Crippen molar-refractivity contribution in [2.24, 2.45) is 0 Å². The van der Waals surface area contributed by atoms with E-state index in [-0.39, 0.29) is 0 Å². The first-order chi connectivity index (χ1) is 5.36. The lowest BCUT2D eigenvalue weighted by molar-refractivity contribution is 0.192. The van der Waals surface area contributed by atoms with Crippen molar-refractivity contribution >= 4 is 0 Å². The third-order valence-corrected chi connectivity index (χ3v) is 2.12. The van der Waals surface area contributed by atoms with Crippen LogP contribution in [-0.2, 0) is 6.42 Å². The highest BCUT2D eigenvalue weighted by molar-refractivity contribution is 5.34. The van der Waals surface area contributed by atoms with E-state index in [9.17, 15) is 0 Å². The highest BCUT2D eigenvalue weighted by atomic mass is 16.5. The van der Waals surface area contributed by atoms with E-state index < -0.39 is 0 Å². The lowest BCUT2D eigenvalue weighted by Crippen LogP contribution is -2.18. The van der Waals surface area contributed by atoms with Gasteiger partial charge in [0, 0.05) is 0 Å². The number of para-hydroxylation sites is 1. The fraction of sp³-hybridized carbons (Fsp3) is 0.400. The van der Waals surface area contributed by atoms with Crippen LogP contribution in [0.3, 0.4) is 0 Å². The Balaban J connectivity index is 2.34. The standard InChI is InChI=1S/C10H12O/c1-8-6-7-9-4-2-3-5-10(9)11-8/h2-5,8H,6-7H2,1H3/t8-/m1/s1.